The highest BCUT2D eigenvalue weighted by atomic mass is 16.2. The number of Topliss-reactive ketones (excluding diaryl/α,β-unsaturated/α-hetero) is 2. The Kier molecular flexibility index (Phi) is 2.53. The van der Waals surface area contributed by atoms with Crippen LogP contribution >= 0.6 is 0 Å². The largest absolute Gasteiger partial charge is 0.288 e. The van der Waals surface area contributed by atoms with E-state index in [2.05, 4.69) is 0 Å². The SMILES string of the molecule is CC=C1C(=O)c2c(C)c(C)c(C)c(C)c2C1=O. The zero-order valence-electron chi connectivity index (χ0n) is 10.9. The highest BCUT2D eigenvalue weighted by Gasteiger charge is 2.36. The normalized spacial score (nSPS) is 14.3. The molecule has 2 rings (SSSR count). The van der Waals surface area contributed by atoms with Crippen LogP contribution in [-0.2, 0) is 0 Å². The van der Waals surface area contributed by atoms with Gasteiger partial charge in [-0.05, 0) is 56.9 Å². The van der Waals surface area contributed by atoms with Gasteiger partial charge in [-0.25, -0.2) is 0 Å². The number of rotatable bonds is 0. The van der Waals surface area contributed by atoms with Crippen LogP contribution in [0.1, 0.15) is 49.9 Å². The monoisotopic (exact) mass is 228 g/mol. The molecule has 2 nitrogen and oxygen atoms in total. The summed E-state index contributed by atoms with van der Waals surface area (Å²) in [7, 11) is 0. The molecule has 0 amide bonds. The number of carbonyl (C=O) groups is 2. The lowest BCUT2D eigenvalue weighted by atomic mass is 9.90. The highest BCUT2D eigenvalue weighted by Crippen LogP contribution is 2.35. The molecule has 0 aromatic heterocycles. The molecule has 0 bridgehead atoms. The first-order valence-electron chi connectivity index (χ1n) is 5.77. The number of hydrogen-bond acceptors (Lipinski definition) is 2. The fourth-order valence-corrected chi connectivity index (χ4v) is 2.51. The lowest BCUT2D eigenvalue weighted by molar-refractivity contribution is 0.0988. The van der Waals surface area contributed by atoms with Crippen molar-refractivity contribution in [2.24, 2.45) is 0 Å². The van der Waals surface area contributed by atoms with E-state index in [0.29, 0.717) is 16.7 Å². The van der Waals surface area contributed by atoms with Gasteiger partial charge >= 0.3 is 0 Å². The van der Waals surface area contributed by atoms with Gasteiger partial charge in [0.05, 0.1) is 5.57 Å². The third-order valence-corrected chi connectivity index (χ3v) is 3.92. The van der Waals surface area contributed by atoms with Crippen LogP contribution in [0.4, 0.5) is 0 Å². The Morgan fingerprint density at radius 1 is 0.706 bits per heavy atom. The average Bonchev–Trinajstić information content (AvgIpc) is 2.55. The summed E-state index contributed by atoms with van der Waals surface area (Å²) in [5.41, 5.74) is 5.65. The molecule has 0 heterocycles. The highest BCUT2D eigenvalue weighted by molar-refractivity contribution is 6.40. The summed E-state index contributed by atoms with van der Waals surface area (Å²) in [5, 5.41) is 0. The van der Waals surface area contributed by atoms with Gasteiger partial charge in [0.25, 0.3) is 0 Å². The zero-order valence-corrected chi connectivity index (χ0v) is 10.9. The third kappa shape index (κ3) is 1.33. The molecule has 1 aromatic carbocycles. The van der Waals surface area contributed by atoms with Crippen LogP contribution in [0.2, 0.25) is 0 Å². The first-order valence-corrected chi connectivity index (χ1v) is 5.77. The molecule has 0 N–H and O–H groups in total. The molecular weight excluding hydrogens is 212 g/mol. The van der Waals surface area contributed by atoms with E-state index in [4.69, 9.17) is 0 Å². The Hall–Kier alpha value is -1.70. The molecule has 1 aliphatic carbocycles. The maximum absolute atomic E-state index is 12.2. The number of fused-ring (bicyclic) bond motifs is 1. The van der Waals surface area contributed by atoms with Crippen LogP contribution in [0.25, 0.3) is 0 Å². The summed E-state index contributed by atoms with van der Waals surface area (Å²) in [6.07, 6.45) is 1.62. The van der Waals surface area contributed by atoms with Gasteiger partial charge in [0.2, 0.25) is 0 Å². The Bertz CT molecular complexity index is 541. The Morgan fingerprint density at radius 2 is 1.06 bits per heavy atom. The molecule has 88 valence electrons. The van der Waals surface area contributed by atoms with Gasteiger partial charge in [0.1, 0.15) is 0 Å². The summed E-state index contributed by atoms with van der Waals surface area (Å²) in [4.78, 5) is 24.4. The molecule has 0 radical (unpaired) electrons. The molecular formula is C15H16O2. The molecule has 0 saturated carbocycles. The number of ketones is 2. The van der Waals surface area contributed by atoms with Gasteiger partial charge in [-0.15, -0.1) is 0 Å². The maximum Gasteiger partial charge on any atom is 0.197 e. The van der Waals surface area contributed by atoms with Crippen molar-refractivity contribution in [3.8, 4) is 0 Å². The van der Waals surface area contributed by atoms with Crippen molar-refractivity contribution >= 4 is 11.6 Å². The molecule has 0 spiro atoms. The van der Waals surface area contributed by atoms with Gasteiger partial charge in [0, 0.05) is 11.1 Å². The van der Waals surface area contributed by atoms with Crippen molar-refractivity contribution < 1.29 is 9.59 Å². The standard InChI is InChI=1S/C15H16O2/c1-6-11-14(16)12-9(4)7(2)8(3)10(5)13(12)15(11)17/h6H,1-5H3. The topological polar surface area (TPSA) is 34.1 Å². The van der Waals surface area contributed by atoms with E-state index in [1.165, 1.54) is 0 Å². The van der Waals surface area contributed by atoms with Gasteiger partial charge in [-0.3, -0.25) is 9.59 Å². The maximum atomic E-state index is 12.2. The van der Waals surface area contributed by atoms with Crippen LogP contribution in [0, 0.1) is 27.7 Å². The zero-order chi connectivity index (χ0) is 12.9. The van der Waals surface area contributed by atoms with Crippen molar-refractivity contribution in [1.29, 1.82) is 0 Å². The van der Waals surface area contributed by atoms with Crippen LogP contribution in [0.15, 0.2) is 11.6 Å². The first kappa shape index (κ1) is 11.8. The molecule has 0 atom stereocenters. The first-order chi connectivity index (χ1) is 7.91. The third-order valence-electron chi connectivity index (χ3n) is 3.92. The number of allylic oxidation sites excluding steroid dienone is 2. The van der Waals surface area contributed by atoms with E-state index >= 15 is 0 Å². The van der Waals surface area contributed by atoms with Crippen LogP contribution in [-0.4, -0.2) is 11.6 Å². The van der Waals surface area contributed by atoms with E-state index in [1.54, 1.807) is 13.0 Å². The van der Waals surface area contributed by atoms with Crippen molar-refractivity contribution in [2.45, 2.75) is 34.6 Å². The lowest BCUT2D eigenvalue weighted by Crippen LogP contribution is -2.04. The van der Waals surface area contributed by atoms with Crippen LogP contribution in [0.5, 0.6) is 0 Å². The van der Waals surface area contributed by atoms with Gasteiger partial charge in [-0.2, -0.15) is 0 Å². The minimum Gasteiger partial charge on any atom is -0.288 e. The predicted molar refractivity (Wildman–Crippen MR) is 67.8 cm³/mol. The van der Waals surface area contributed by atoms with E-state index in [1.807, 2.05) is 27.7 Å². The van der Waals surface area contributed by atoms with Crippen molar-refractivity contribution in [2.75, 3.05) is 0 Å². The molecule has 0 fully saturated rings. The Balaban J connectivity index is 2.94. The van der Waals surface area contributed by atoms with Crippen molar-refractivity contribution in [3.05, 3.63) is 45.0 Å². The molecule has 0 unspecified atom stereocenters. The summed E-state index contributed by atoms with van der Waals surface area (Å²) < 4.78 is 0. The van der Waals surface area contributed by atoms with Gasteiger partial charge in [0.15, 0.2) is 11.6 Å². The van der Waals surface area contributed by atoms with Crippen molar-refractivity contribution in [3.63, 3.8) is 0 Å². The molecule has 17 heavy (non-hydrogen) atoms. The van der Waals surface area contributed by atoms with E-state index in [9.17, 15) is 9.59 Å². The fraction of sp³-hybridized carbons (Fsp3) is 0.333. The van der Waals surface area contributed by atoms with Gasteiger partial charge < -0.3 is 0 Å². The minimum absolute atomic E-state index is 0.115. The Labute approximate surface area is 101 Å². The summed E-state index contributed by atoms with van der Waals surface area (Å²) in [6, 6.07) is 0. The molecule has 0 saturated heterocycles. The molecule has 1 aromatic rings. The summed E-state index contributed by atoms with van der Waals surface area (Å²) in [6.45, 7) is 9.59. The van der Waals surface area contributed by atoms with E-state index in [-0.39, 0.29) is 11.6 Å². The van der Waals surface area contributed by atoms with Crippen molar-refractivity contribution in [1.82, 2.24) is 0 Å². The fourth-order valence-electron chi connectivity index (χ4n) is 2.51. The molecule has 2 heteroatoms. The summed E-state index contributed by atoms with van der Waals surface area (Å²) >= 11 is 0. The average molecular weight is 228 g/mol. The lowest BCUT2D eigenvalue weighted by Gasteiger charge is -2.13. The smallest absolute Gasteiger partial charge is 0.197 e. The second-order valence-corrected chi connectivity index (χ2v) is 4.61. The quantitative estimate of drug-likeness (QED) is 0.504. The van der Waals surface area contributed by atoms with E-state index in [0.717, 1.165) is 22.3 Å². The van der Waals surface area contributed by atoms with Crippen LogP contribution in [0.3, 0.4) is 0 Å². The number of carbonyl (C=O) groups excluding carboxylic acids is 2. The summed E-state index contributed by atoms with van der Waals surface area (Å²) in [5.74, 6) is -0.229. The predicted octanol–water partition coefficient (Wildman–Crippen LogP) is 3.25. The molecule has 0 aliphatic heterocycles. The minimum atomic E-state index is -0.115. The second kappa shape index (κ2) is 3.66. The van der Waals surface area contributed by atoms with E-state index < -0.39 is 0 Å². The second-order valence-electron chi connectivity index (χ2n) is 4.61. The molecule has 1 aliphatic rings. The van der Waals surface area contributed by atoms with Crippen LogP contribution < -0.4 is 0 Å². The number of hydrogen-bond donors (Lipinski definition) is 0. The number of benzene rings is 1. The Morgan fingerprint density at radius 3 is 1.35 bits per heavy atom. The van der Waals surface area contributed by atoms with Gasteiger partial charge in [-0.1, -0.05) is 6.08 Å².